The molecular weight excluding hydrogens is 302 g/mol. The molecule has 0 bridgehead atoms. The molecule has 0 amide bonds. The van der Waals surface area contributed by atoms with Gasteiger partial charge in [-0.3, -0.25) is 4.68 Å². The lowest BCUT2D eigenvalue weighted by molar-refractivity contribution is 0.145. The third kappa shape index (κ3) is 3.13. The molecule has 0 spiro atoms. The van der Waals surface area contributed by atoms with Crippen molar-refractivity contribution in [2.45, 2.75) is 70.3 Å². The Hall–Kier alpha value is -1.66. The van der Waals surface area contributed by atoms with Gasteiger partial charge in [0.2, 0.25) is 0 Å². The van der Waals surface area contributed by atoms with Gasteiger partial charge in [-0.15, -0.1) is 0 Å². The minimum atomic E-state index is -0.263. The topological polar surface area (TPSA) is 67.9 Å². The summed E-state index contributed by atoms with van der Waals surface area (Å²) in [6, 6.07) is 0.778. The molecule has 2 saturated carbocycles. The summed E-state index contributed by atoms with van der Waals surface area (Å²) in [5, 5.41) is 18.5. The number of aliphatic hydroxyl groups excluding tert-OH is 1. The van der Waals surface area contributed by atoms with Gasteiger partial charge in [0.05, 0.1) is 24.7 Å². The van der Waals surface area contributed by atoms with Crippen LogP contribution in [-0.2, 0) is 13.1 Å². The van der Waals surface area contributed by atoms with Crippen molar-refractivity contribution in [3.05, 3.63) is 36.2 Å². The molecule has 2 aromatic rings. The third-order valence-electron chi connectivity index (χ3n) is 5.78. The normalized spacial score (nSPS) is 27.5. The summed E-state index contributed by atoms with van der Waals surface area (Å²) < 4.78 is 4.29. The monoisotopic (exact) mass is 329 g/mol. The van der Waals surface area contributed by atoms with E-state index in [1.165, 1.54) is 30.5 Å². The summed E-state index contributed by atoms with van der Waals surface area (Å²) in [5.74, 6) is 0.505. The second kappa shape index (κ2) is 6.69. The molecule has 0 aromatic carbocycles. The fourth-order valence-electron chi connectivity index (χ4n) is 4.05. The molecule has 24 heavy (non-hydrogen) atoms. The van der Waals surface area contributed by atoms with Gasteiger partial charge in [-0.25, -0.2) is 4.98 Å². The van der Waals surface area contributed by atoms with Crippen LogP contribution in [0.25, 0.3) is 0 Å². The lowest BCUT2D eigenvalue weighted by Crippen LogP contribution is -2.35. The Balaban J connectivity index is 1.32. The molecule has 130 valence electrons. The summed E-state index contributed by atoms with van der Waals surface area (Å²) in [5.41, 5.74) is 2.53. The fourth-order valence-corrected chi connectivity index (χ4v) is 4.05. The quantitative estimate of drug-likeness (QED) is 0.851. The smallest absolute Gasteiger partial charge is 0.0945 e. The Morgan fingerprint density at radius 3 is 2.92 bits per heavy atom. The first-order valence-corrected chi connectivity index (χ1v) is 9.11. The molecule has 6 nitrogen and oxygen atoms in total. The fraction of sp³-hybridized carbons (Fsp3) is 0.667. The summed E-state index contributed by atoms with van der Waals surface area (Å²) in [4.78, 5) is 4.09. The molecule has 4 rings (SSSR count). The van der Waals surface area contributed by atoms with Gasteiger partial charge < -0.3 is 15.0 Å². The molecule has 6 heteroatoms. The summed E-state index contributed by atoms with van der Waals surface area (Å²) >= 11 is 0. The van der Waals surface area contributed by atoms with E-state index in [0.29, 0.717) is 12.0 Å². The van der Waals surface area contributed by atoms with Crippen molar-refractivity contribution in [1.82, 2.24) is 24.6 Å². The van der Waals surface area contributed by atoms with Crippen LogP contribution in [0.3, 0.4) is 0 Å². The molecular formula is C18H27N5O. The van der Waals surface area contributed by atoms with Gasteiger partial charge in [0, 0.05) is 42.8 Å². The van der Waals surface area contributed by atoms with Crippen LogP contribution in [0.1, 0.15) is 49.4 Å². The average Bonchev–Trinajstić information content (AvgIpc) is 3.20. The van der Waals surface area contributed by atoms with E-state index in [1.54, 1.807) is 0 Å². The number of hydrogen-bond donors (Lipinski definition) is 2. The minimum absolute atomic E-state index is 0.171. The van der Waals surface area contributed by atoms with Gasteiger partial charge in [0.25, 0.3) is 0 Å². The molecule has 2 aliphatic carbocycles. The van der Waals surface area contributed by atoms with E-state index in [1.807, 2.05) is 24.9 Å². The van der Waals surface area contributed by atoms with Crippen molar-refractivity contribution in [3.8, 4) is 0 Å². The van der Waals surface area contributed by atoms with Gasteiger partial charge >= 0.3 is 0 Å². The summed E-state index contributed by atoms with van der Waals surface area (Å²) in [6.07, 6.45) is 13.1. The van der Waals surface area contributed by atoms with Gasteiger partial charge in [-0.1, -0.05) is 0 Å². The van der Waals surface area contributed by atoms with Crippen molar-refractivity contribution in [3.63, 3.8) is 0 Å². The zero-order valence-corrected chi connectivity index (χ0v) is 14.3. The van der Waals surface area contributed by atoms with Crippen LogP contribution in [0.2, 0.25) is 0 Å². The molecule has 2 aliphatic rings. The third-order valence-corrected chi connectivity index (χ3v) is 5.78. The zero-order chi connectivity index (χ0) is 16.5. The van der Waals surface area contributed by atoms with E-state index in [0.717, 1.165) is 25.9 Å². The van der Waals surface area contributed by atoms with Crippen LogP contribution in [-0.4, -0.2) is 36.6 Å². The first-order valence-electron chi connectivity index (χ1n) is 9.11. The van der Waals surface area contributed by atoms with Crippen LogP contribution >= 0.6 is 0 Å². The van der Waals surface area contributed by atoms with Crippen LogP contribution in [0.15, 0.2) is 24.9 Å². The Labute approximate surface area is 142 Å². The van der Waals surface area contributed by atoms with E-state index in [4.69, 9.17) is 0 Å². The predicted octanol–water partition coefficient (Wildman–Crippen LogP) is 2.04. The Morgan fingerprint density at radius 2 is 2.21 bits per heavy atom. The van der Waals surface area contributed by atoms with Crippen LogP contribution in [0, 0.1) is 12.8 Å². The van der Waals surface area contributed by atoms with Crippen LogP contribution in [0.4, 0.5) is 0 Å². The second-order valence-corrected chi connectivity index (χ2v) is 7.44. The van der Waals surface area contributed by atoms with Gasteiger partial charge in [0.15, 0.2) is 0 Å². The molecule has 0 aliphatic heterocycles. The zero-order valence-electron chi connectivity index (χ0n) is 14.3. The number of hydrogen-bond acceptors (Lipinski definition) is 4. The highest BCUT2D eigenvalue weighted by Crippen LogP contribution is 2.32. The molecule has 1 unspecified atom stereocenters. The summed E-state index contributed by atoms with van der Waals surface area (Å²) in [7, 11) is 0. The SMILES string of the molecule is Cc1c(CN[C@@H]2CC(Cn3ccnc3)C[C@H]2O)cnn1C1CCC1. The van der Waals surface area contributed by atoms with E-state index in [9.17, 15) is 5.11 Å². The van der Waals surface area contributed by atoms with Crippen molar-refractivity contribution in [2.24, 2.45) is 5.92 Å². The maximum atomic E-state index is 10.4. The lowest BCUT2D eigenvalue weighted by Gasteiger charge is -2.27. The number of aromatic nitrogens is 4. The van der Waals surface area contributed by atoms with Gasteiger partial charge in [-0.2, -0.15) is 5.10 Å². The molecule has 3 atom stereocenters. The maximum Gasteiger partial charge on any atom is 0.0945 e. The molecule has 0 radical (unpaired) electrons. The number of nitrogens with one attached hydrogen (secondary N) is 1. The highest BCUT2D eigenvalue weighted by Gasteiger charge is 2.33. The Morgan fingerprint density at radius 1 is 1.33 bits per heavy atom. The minimum Gasteiger partial charge on any atom is -0.391 e. The van der Waals surface area contributed by atoms with E-state index in [-0.39, 0.29) is 12.1 Å². The van der Waals surface area contributed by atoms with Crippen molar-refractivity contribution in [2.75, 3.05) is 0 Å². The number of nitrogens with zero attached hydrogens (tertiary/aromatic N) is 4. The molecule has 2 aromatic heterocycles. The van der Waals surface area contributed by atoms with Crippen LogP contribution < -0.4 is 5.32 Å². The largest absolute Gasteiger partial charge is 0.391 e. The molecule has 0 saturated heterocycles. The van der Waals surface area contributed by atoms with Crippen LogP contribution in [0.5, 0.6) is 0 Å². The van der Waals surface area contributed by atoms with Crippen molar-refractivity contribution in [1.29, 1.82) is 0 Å². The van der Waals surface area contributed by atoms with Gasteiger partial charge in [-0.05, 0) is 44.9 Å². The highest BCUT2D eigenvalue weighted by atomic mass is 16.3. The Bertz CT molecular complexity index is 661. The number of rotatable bonds is 6. The first-order chi connectivity index (χ1) is 11.7. The maximum absolute atomic E-state index is 10.4. The van der Waals surface area contributed by atoms with E-state index >= 15 is 0 Å². The van der Waals surface area contributed by atoms with Crippen molar-refractivity contribution < 1.29 is 5.11 Å². The first kappa shape index (κ1) is 15.8. The highest BCUT2D eigenvalue weighted by molar-refractivity contribution is 5.17. The predicted molar refractivity (Wildman–Crippen MR) is 91.4 cm³/mol. The average molecular weight is 329 g/mol. The summed E-state index contributed by atoms with van der Waals surface area (Å²) in [6.45, 7) is 3.89. The van der Waals surface area contributed by atoms with Gasteiger partial charge in [0.1, 0.15) is 0 Å². The number of imidazole rings is 1. The molecule has 2 heterocycles. The molecule has 2 fully saturated rings. The van der Waals surface area contributed by atoms with E-state index < -0.39 is 0 Å². The Kier molecular flexibility index (Phi) is 4.41. The molecule has 2 N–H and O–H groups in total. The van der Waals surface area contributed by atoms with Crippen molar-refractivity contribution >= 4 is 0 Å². The standard InChI is InChI=1S/C18H27N5O/c1-13-15(10-21-23(13)16-3-2-4-16)9-20-17-7-14(8-18(17)24)11-22-6-5-19-12-22/h5-6,10,12,14,16-18,20,24H,2-4,7-9,11H2,1H3/t14?,17-,18-/m1/s1. The second-order valence-electron chi connectivity index (χ2n) is 7.44. The lowest BCUT2D eigenvalue weighted by atomic mass is 9.93. The number of aliphatic hydroxyl groups is 1. The van der Waals surface area contributed by atoms with E-state index in [2.05, 4.69) is 31.6 Å².